The summed E-state index contributed by atoms with van der Waals surface area (Å²) < 4.78 is 33.2. The molecule has 0 spiro atoms. The predicted molar refractivity (Wildman–Crippen MR) is 31.2 cm³/mol. The number of rotatable bonds is 0. The second kappa shape index (κ2) is 2.15. The zero-order chi connectivity index (χ0) is 9.57. The van der Waals surface area contributed by atoms with Gasteiger partial charge in [-0.2, -0.15) is 8.78 Å². The summed E-state index contributed by atoms with van der Waals surface area (Å²) in [6, 6.07) is 0. The van der Waals surface area contributed by atoms with Crippen LogP contribution >= 0.6 is 0 Å². The van der Waals surface area contributed by atoms with Gasteiger partial charge in [0.05, 0.1) is 0 Å². The average Bonchev–Trinajstić information content (AvgIpc) is 1.82. The Balaban J connectivity index is 2.91. The number of carbonyl (C=O) groups is 2. The number of halogens is 2. The molecule has 1 aliphatic rings. The maximum atomic E-state index is 12.8. The van der Waals surface area contributed by atoms with Gasteiger partial charge in [0, 0.05) is 13.8 Å². The van der Waals surface area contributed by atoms with E-state index in [0.29, 0.717) is 13.8 Å². The number of alkyl halides is 2. The van der Waals surface area contributed by atoms with Gasteiger partial charge in [-0.3, -0.25) is 0 Å². The second-order valence-corrected chi connectivity index (χ2v) is 2.61. The molecule has 1 aliphatic heterocycles. The van der Waals surface area contributed by atoms with Gasteiger partial charge in [0.25, 0.3) is 0 Å². The van der Waals surface area contributed by atoms with Crippen molar-refractivity contribution in [2.24, 2.45) is 0 Å². The Morgan fingerprint density at radius 1 is 1.00 bits per heavy atom. The van der Waals surface area contributed by atoms with Crippen molar-refractivity contribution in [3.05, 3.63) is 0 Å². The molecule has 2 atom stereocenters. The lowest BCUT2D eigenvalue weighted by atomic mass is 10.2. The Bertz CT molecular complexity index is 220. The van der Waals surface area contributed by atoms with Crippen molar-refractivity contribution in [3.8, 4) is 0 Å². The van der Waals surface area contributed by atoms with Crippen LogP contribution in [0.25, 0.3) is 0 Å². The van der Waals surface area contributed by atoms with Gasteiger partial charge in [-0.25, -0.2) is 9.59 Å². The fourth-order valence-corrected chi connectivity index (χ4v) is 0.614. The lowest BCUT2D eigenvalue weighted by molar-refractivity contribution is -0.262. The summed E-state index contributed by atoms with van der Waals surface area (Å²) in [5, 5.41) is 0. The van der Waals surface area contributed by atoms with Crippen LogP contribution in [0.15, 0.2) is 0 Å². The first-order valence-electron chi connectivity index (χ1n) is 3.10. The molecule has 0 aromatic rings. The summed E-state index contributed by atoms with van der Waals surface area (Å²) >= 11 is 0. The highest BCUT2D eigenvalue weighted by atomic mass is 19.2. The molecule has 0 radical (unpaired) electrons. The van der Waals surface area contributed by atoms with E-state index in [2.05, 4.69) is 9.47 Å². The van der Waals surface area contributed by atoms with Gasteiger partial charge in [0.1, 0.15) is 0 Å². The van der Waals surface area contributed by atoms with Gasteiger partial charge in [-0.15, -0.1) is 0 Å². The topological polar surface area (TPSA) is 52.6 Å². The highest BCUT2D eigenvalue weighted by molar-refractivity contribution is 5.90. The molecule has 0 N–H and O–H groups in total. The number of hydrogen-bond donors (Lipinski definition) is 0. The Kier molecular flexibility index (Phi) is 1.59. The fourth-order valence-electron chi connectivity index (χ4n) is 0.614. The van der Waals surface area contributed by atoms with Crippen LogP contribution in [0.5, 0.6) is 0 Å². The third-order valence-electron chi connectivity index (χ3n) is 1.30. The summed E-state index contributed by atoms with van der Waals surface area (Å²) in [5.41, 5.74) is 0. The van der Waals surface area contributed by atoms with Gasteiger partial charge in [-0.05, 0) is 0 Å². The zero-order valence-electron chi connectivity index (χ0n) is 6.39. The Labute approximate surface area is 66.4 Å². The average molecular weight is 180 g/mol. The second-order valence-electron chi connectivity index (χ2n) is 2.61. The molecule has 0 aromatic heterocycles. The molecule has 68 valence electrons. The largest absolute Gasteiger partial charge is 0.413 e. The van der Waals surface area contributed by atoms with E-state index in [9.17, 15) is 18.4 Å². The van der Waals surface area contributed by atoms with E-state index in [4.69, 9.17) is 0 Å². The molecule has 0 saturated carbocycles. The lowest BCUT2D eigenvalue weighted by Crippen LogP contribution is -2.53. The number of ether oxygens (including phenoxy) is 2. The summed E-state index contributed by atoms with van der Waals surface area (Å²) in [5.74, 6) is -8.87. The van der Waals surface area contributed by atoms with E-state index < -0.39 is 23.6 Å². The van der Waals surface area contributed by atoms with Crippen molar-refractivity contribution in [2.75, 3.05) is 0 Å². The maximum Gasteiger partial charge on any atom is 0.387 e. The normalized spacial score (nSPS) is 42.0. The van der Waals surface area contributed by atoms with E-state index in [1.807, 2.05) is 0 Å². The van der Waals surface area contributed by atoms with Gasteiger partial charge in [0.2, 0.25) is 0 Å². The van der Waals surface area contributed by atoms with Gasteiger partial charge < -0.3 is 9.47 Å². The third kappa shape index (κ3) is 1.24. The molecule has 0 amide bonds. The van der Waals surface area contributed by atoms with Crippen LogP contribution in [-0.4, -0.2) is 23.6 Å². The molecule has 1 fully saturated rings. The molecule has 1 heterocycles. The van der Waals surface area contributed by atoms with Crippen molar-refractivity contribution in [2.45, 2.75) is 25.6 Å². The third-order valence-corrected chi connectivity index (χ3v) is 1.30. The van der Waals surface area contributed by atoms with Gasteiger partial charge in [0.15, 0.2) is 0 Å². The molecule has 0 aromatic carbocycles. The van der Waals surface area contributed by atoms with Crippen LogP contribution in [-0.2, 0) is 19.1 Å². The Hall–Kier alpha value is -1.20. The number of esters is 2. The molecule has 6 heteroatoms. The van der Waals surface area contributed by atoms with E-state index in [-0.39, 0.29) is 0 Å². The van der Waals surface area contributed by atoms with Crippen molar-refractivity contribution in [3.63, 3.8) is 0 Å². The summed E-state index contributed by atoms with van der Waals surface area (Å²) in [6.45, 7) is 1.34. The van der Waals surface area contributed by atoms with E-state index in [1.54, 1.807) is 0 Å². The van der Waals surface area contributed by atoms with Crippen molar-refractivity contribution < 1.29 is 27.8 Å². The highest BCUT2D eigenvalue weighted by Gasteiger charge is 2.55. The van der Waals surface area contributed by atoms with E-state index in [1.165, 1.54) is 0 Å². The summed E-state index contributed by atoms with van der Waals surface area (Å²) in [4.78, 5) is 21.1. The smallest absolute Gasteiger partial charge is 0.387 e. The Morgan fingerprint density at radius 3 is 1.50 bits per heavy atom. The van der Waals surface area contributed by atoms with Gasteiger partial charge in [-0.1, -0.05) is 0 Å². The quantitative estimate of drug-likeness (QED) is 0.508. The SMILES string of the molecule is CC1(F)OC(=O)C(C)(F)OC1=O. The van der Waals surface area contributed by atoms with Crippen LogP contribution < -0.4 is 0 Å². The Morgan fingerprint density at radius 2 is 1.25 bits per heavy atom. The molecule has 0 bridgehead atoms. The molecule has 0 aliphatic carbocycles. The van der Waals surface area contributed by atoms with Gasteiger partial charge >= 0.3 is 23.6 Å². The number of carbonyl (C=O) groups excluding carboxylic acids is 2. The fraction of sp³-hybridized carbons (Fsp3) is 0.667. The first-order chi connectivity index (χ1) is 5.26. The van der Waals surface area contributed by atoms with Crippen LogP contribution in [0, 0.1) is 0 Å². The molecule has 1 rings (SSSR count). The minimum Gasteiger partial charge on any atom is -0.413 e. The van der Waals surface area contributed by atoms with Crippen LogP contribution in [0.1, 0.15) is 13.8 Å². The van der Waals surface area contributed by atoms with Crippen LogP contribution in [0.3, 0.4) is 0 Å². The minimum atomic E-state index is -2.89. The van der Waals surface area contributed by atoms with Crippen molar-refractivity contribution >= 4 is 11.9 Å². The van der Waals surface area contributed by atoms with E-state index in [0.717, 1.165) is 0 Å². The molecule has 12 heavy (non-hydrogen) atoms. The van der Waals surface area contributed by atoms with Crippen molar-refractivity contribution in [1.82, 2.24) is 0 Å². The summed E-state index contributed by atoms with van der Waals surface area (Å²) in [7, 11) is 0. The van der Waals surface area contributed by atoms with E-state index >= 15 is 0 Å². The predicted octanol–water partition coefficient (Wildman–Crippen LogP) is 0.458. The lowest BCUT2D eigenvalue weighted by Gasteiger charge is -2.30. The first kappa shape index (κ1) is 8.89. The summed E-state index contributed by atoms with van der Waals surface area (Å²) in [6.07, 6.45) is 0. The maximum absolute atomic E-state index is 12.8. The monoisotopic (exact) mass is 180 g/mol. The van der Waals surface area contributed by atoms with Crippen molar-refractivity contribution in [1.29, 1.82) is 0 Å². The zero-order valence-corrected chi connectivity index (χ0v) is 6.39. The van der Waals surface area contributed by atoms with Crippen LogP contribution in [0.2, 0.25) is 0 Å². The van der Waals surface area contributed by atoms with Crippen LogP contribution in [0.4, 0.5) is 8.78 Å². The highest BCUT2D eigenvalue weighted by Crippen LogP contribution is 2.29. The number of hydrogen-bond acceptors (Lipinski definition) is 4. The molecule has 4 nitrogen and oxygen atoms in total. The molecular weight excluding hydrogens is 174 g/mol. The standard InChI is InChI=1S/C6H6F2O4/c1-5(7)3(9)12-6(2,8)4(10)11-5/h1-2H3. The minimum absolute atomic E-state index is 0.669. The number of cyclic esters (lactones) is 2. The molecular formula is C6H6F2O4. The molecule has 2 unspecified atom stereocenters. The first-order valence-corrected chi connectivity index (χ1v) is 3.10. The molecule has 1 saturated heterocycles.